The highest BCUT2D eigenvalue weighted by molar-refractivity contribution is 5.32. The highest BCUT2D eigenvalue weighted by atomic mass is 16.5. The van der Waals surface area contributed by atoms with Gasteiger partial charge >= 0.3 is 0 Å². The molecule has 0 heterocycles. The fourth-order valence-electron chi connectivity index (χ4n) is 2.61. The van der Waals surface area contributed by atoms with Gasteiger partial charge in [0, 0.05) is 0 Å². The Labute approximate surface area is 133 Å². The van der Waals surface area contributed by atoms with E-state index in [0.29, 0.717) is 6.61 Å². The number of nitrogens with zero attached hydrogens (tertiary/aromatic N) is 1. The van der Waals surface area contributed by atoms with Crippen LogP contribution in [0.1, 0.15) is 41.9 Å². The quantitative estimate of drug-likeness (QED) is 0.661. The van der Waals surface area contributed by atoms with E-state index in [1.54, 1.807) is 0 Å². The molecular weight excluding hydrogens is 270 g/mol. The van der Waals surface area contributed by atoms with Crippen molar-refractivity contribution in [3.05, 3.63) is 65.2 Å². The van der Waals surface area contributed by atoms with Gasteiger partial charge in [-0.1, -0.05) is 36.4 Å². The largest absolute Gasteiger partial charge is 0.494 e. The summed E-state index contributed by atoms with van der Waals surface area (Å²) in [6.07, 6.45) is 2.86. The average molecular weight is 293 g/mol. The molecule has 0 spiro atoms. The smallest absolute Gasteiger partial charge is 0.119 e. The number of rotatable bonds is 7. The fraction of sp³-hybridized carbons (Fsp3) is 0.350. The number of aryl methyl sites for hydroxylation is 2. The molecule has 0 N–H and O–H groups in total. The first kappa shape index (κ1) is 16.1. The van der Waals surface area contributed by atoms with Crippen molar-refractivity contribution < 1.29 is 4.74 Å². The van der Waals surface area contributed by atoms with Crippen LogP contribution in [0.5, 0.6) is 5.75 Å². The zero-order valence-corrected chi connectivity index (χ0v) is 13.4. The normalized spacial score (nSPS) is 11.7. The minimum Gasteiger partial charge on any atom is -0.494 e. The molecule has 0 fully saturated rings. The molecule has 2 nitrogen and oxygen atoms in total. The van der Waals surface area contributed by atoms with E-state index >= 15 is 0 Å². The van der Waals surface area contributed by atoms with E-state index in [1.165, 1.54) is 11.1 Å². The molecule has 1 unspecified atom stereocenters. The van der Waals surface area contributed by atoms with Crippen LogP contribution < -0.4 is 4.74 Å². The highest BCUT2D eigenvalue weighted by Crippen LogP contribution is 2.24. The van der Waals surface area contributed by atoms with E-state index in [9.17, 15) is 5.26 Å². The summed E-state index contributed by atoms with van der Waals surface area (Å²) in [6.45, 7) is 4.84. The van der Waals surface area contributed by atoms with Gasteiger partial charge in [0.1, 0.15) is 5.75 Å². The van der Waals surface area contributed by atoms with Crippen molar-refractivity contribution in [2.24, 2.45) is 0 Å². The second kappa shape index (κ2) is 8.24. The van der Waals surface area contributed by atoms with Crippen molar-refractivity contribution in [2.45, 2.75) is 39.0 Å². The van der Waals surface area contributed by atoms with Crippen LogP contribution in [0.4, 0.5) is 0 Å². The molecule has 0 radical (unpaired) electrons. The molecule has 114 valence electrons. The van der Waals surface area contributed by atoms with Crippen LogP contribution in [0.3, 0.4) is 0 Å². The lowest BCUT2D eigenvalue weighted by Gasteiger charge is -2.12. The van der Waals surface area contributed by atoms with Crippen LogP contribution in [0.2, 0.25) is 0 Å². The number of nitriles is 1. The van der Waals surface area contributed by atoms with E-state index in [0.717, 1.165) is 30.6 Å². The Morgan fingerprint density at radius 1 is 1.05 bits per heavy atom. The Balaban J connectivity index is 1.76. The number of hydrogen-bond acceptors (Lipinski definition) is 2. The Bertz CT molecular complexity index is 642. The summed E-state index contributed by atoms with van der Waals surface area (Å²) in [4.78, 5) is 0. The molecule has 0 aliphatic carbocycles. The predicted molar refractivity (Wildman–Crippen MR) is 90.1 cm³/mol. The van der Waals surface area contributed by atoms with Crippen molar-refractivity contribution in [1.29, 1.82) is 5.26 Å². The van der Waals surface area contributed by atoms with Crippen LogP contribution in [0.15, 0.2) is 48.5 Å². The van der Waals surface area contributed by atoms with Gasteiger partial charge in [0.05, 0.1) is 18.6 Å². The van der Waals surface area contributed by atoms with Gasteiger partial charge in [-0.3, -0.25) is 0 Å². The molecule has 0 aliphatic rings. The first-order valence-electron chi connectivity index (χ1n) is 7.85. The van der Waals surface area contributed by atoms with Crippen LogP contribution in [-0.2, 0) is 0 Å². The summed E-state index contributed by atoms with van der Waals surface area (Å²) in [5.74, 6) is 0.913. The van der Waals surface area contributed by atoms with E-state index < -0.39 is 0 Å². The van der Waals surface area contributed by atoms with Crippen molar-refractivity contribution in [1.82, 2.24) is 0 Å². The summed E-state index contributed by atoms with van der Waals surface area (Å²) in [5, 5.41) is 9.39. The first-order chi connectivity index (χ1) is 10.7. The fourth-order valence-corrected chi connectivity index (χ4v) is 2.61. The molecule has 2 aromatic rings. The Morgan fingerprint density at radius 2 is 1.86 bits per heavy atom. The zero-order valence-electron chi connectivity index (χ0n) is 13.4. The summed E-state index contributed by atoms with van der Waals surface area (Å²) >= 11 is 0. The maximum atomic E-state index is 9.39. The number of unbranched alkanes of at least 4 members (excludes halogenated alkanes) is 1. The average Bonchev–Trinajstić information content (AvgIpc) is 2.52. The summed E-state index contributed by atoms with van der Waals surface area (Å²) < 4.78 is 5.75. The Kier molecular flexibility index (Phi) is 6.03. The lowest BCUT2D eigenvalue weighted by atomic mass is 9.92. The topological polar surface area (TPSA) is 33.0 Å². The summed E-state index contributed by atoms with van der Waals surface area (Å²) in [7, 11) is 0. The second-order valence-electron chi connectivity index (χ2n) is 5.70. The lowest BCUT2D eigenvalue weighted by Crippen LogP contribution is -2.01. The third-order valence-electron chi connectivity index (χ3n) is 3.87. The minimum atomic E-state index is -0.0137. The first-order valence-corrected chi connectivity index (χ1v) is 7.85. The van der Waals surface area contributed by atoms with E-state index in [-0.39, 0.29) is 5.92 Å². The van der Waals surface area contributed by atoms with Crippen LogP contribution in [0.25, 0.3) is 0 Å². The van der Waals surface area contributed by atoms with Crippen LogP contribution >= 0.6 is 0 Å². The molecule has 2 aromatic carbocycles. The molecule has 22 heavy (non-hydrogen) atoms. The Hall–Kier alpha value is -2.27. The number of hydrogen-bond donors (Lipinski definition) is 0. The summed E-state index contributed by atoms with van der Waals surface area (Å²) in [5.41, 5.74) is 3.57. The van der Waals surface area contributed by atoms with Gasteiger partial charge < -0.3 is 4.74 Å². The lowest BCUT2D eigenvalue weighted by molar-refractivity contribution is 0.304. The maximum Gasteiger partial charge on any atom is 0.119 e. The van der Waals surface area contributed by atoms with Crippen molar-refractivity contribution >= 4 is 0 Å². The molecular formula is C20H23NO. The van der Waals surface area contributed by atoms with Gasteiger partial charge in [-0.05, 0) is 61.9 Å². The maximum absolute atomic E-state index is 9.39. The molecule has 0 saturated heterocycles. The molecule has 0 aliphatic heterocycles. The molecule has 2 rings (SSSR count). The molecule has 0 aromatic heterocycles. The van der Waals surface area contributed by atoms with Gasteiger partial charge in [0.2, 0.25) is 0 Å². The van der Waals surface area contributed by atoms with Gasteiger partial charge in [-0.2, -0.15) is 5.26 Å². The van der Waals surface area contributed by atoms with E-state index in [4.69, 9.17) is 4.74 Å². The van der Waals surface area contributed by atoms with Gasteiger partial charge in [0.15, 0.2) is 0 Å². The van der Waals surface area contributed by atoms with Crippen molar-refractivity contribution in [3.8, 4) is 11.8 Å². The third-order valence-corrected chi connectivity index (χ3v) is 3.87. The van der Waals surface area contributed by atoms with Crippen LogP contribution in [-0.4, -0.2) is 6.61 Å². The van der Waals surface area contributed by atoms with Gasteiger partial charge in [-0.15, -0.1) is 0 Å². The SMILES string of the molecule is Cc1cccc(OCCCCC(C#N)c2ccccc2C)c1. The van der Waals surface area contributed by atoms with Gasteiger partial charge in [0.25, 0.3) is 0 Å². The molecule has 2 heteroatoms. The van der Waals surface area contributed by atoms with Crippen molar-refractivity contribution in [3.63, 3.8) is 0 Å². The number of benzene rings is 2. The second-order valence-corrected chi connectivity index (χ2v) is 5.70. The van der Waals surface area contributed by atoms with Gasteiger partial charge in [-0.25, -0.2) is 0 Å². The van der Waals surface area contributed by atoms with E-state index in [2.05, 4.69) is 38.1 Å². The molecule has 0 bridgehead atoms. The third kappa shape index (κ3) is 4.63. The Morgan fingerprint density at radius 3 is 2.59 bits per heavy atom. The molecule has 0 amide bonds. The molecule has 1 atom stereocenters. The minimum absolute atomic E-state index is 0.0137. The van der Waals surface area contributed by atoms with Crippen molar-refractivity contribution in [2.75, 3.05) is 6.61 Å². The van der Waals surface area contributed by atoms with E-state index in [1.807, 2.05) is 30.3 Å². The summed E-state index contributed by atoms with van der Waals surface area (Å²) in [6, 6.07) is 18.7. The predicted octanol–water partition coefficient (Wildman–Crippen LogP) is 5.16. The standard InChI is InChI=1S/C20H23NO/c1-16-8-7-11-19(14-16)22-13-6-5-10-18(15-21)20-12-4-3-9-17(20)2/h3-4,7-9,11-12,14,18H,5-6,10,13H2,1-2H3. The number of ether oxygens (including phenoxy) is 1. The zero-order chi connectivity index (χ0) is 15.8. The monoisotopic (exact) mass is 293 g/mol. The molecule has 0 saturated carbocycles. The highest BCUT2D eigenvalue weighted by Gasteiger charge is 2.12. The van der Waals surface area contributed by atoms with Crippen LogP contribution in [0, 0.1) is 25.2 Å².